The van der Waals surface area contributed by atoms with Crippen molar-refractivity contribution >= 4 is 27.8 Å². The standard InChI is InChI=1S/C61H45N/c1-61(2)58-29-9-8-26-57(58)60-56(28-14-30-59(60)61)46-35-37-51(38-36-46)62(53-24-12-22-50(41-53)48-20-10-19-47(39-48)42-15-4-3-5-16-42)52-23-11-21-49(40-52)43-31-33-45(34-32-43)55-27-13-18-44-17-6-7-25-54(44)55/h3-41H,1-2H3. The van der Waals surface area contributed by atoms with Crippen LogP contribution in [0.2, 0.25) is 0 Å². The van der Waals surface area contributed by atoms with Crippen molar-refractivity contribution in [3.05, 3.63) is 248 Å². The van der Waals surface area contributed by atoms with Gasteiger partial charge in [-0.15, -0.1) is 0 Å². The normalized spacial score (nSPS) is 12.5. The third-order valence-electron chi connectivity index (χ3n) is 12.9. The summed E-state index contributed by atoms with van der Waals surface area (Å²) in [6.07, 6.45) is 0. The zero-order chi connectivity index (χ0) is 41.6. The third-order valence-corrected chi connectivity index (χ3v) is 12.9. The second-order valence-electron chi connectivity index (χ2n) is 16.9. The number of hydrogen-bond donors (Lipinski definition) is 0. The maximum absolute atomic E-state index is 2.40. The maximum atomic E-state index is 2.40. The van der Waals surface area contributed by atoms with E-state index in [0.717, 1.165) is 17.1 Å². The molecule has 11 rings (SSSR count). The summed E-state index contributed by atoms with van der Waals surface area (Å²) >= 11 is 0. The van der Waals surface area contributed by atoms with Gasteiger partial charge >= 0.3 is 0 Å². The van der Waals surface area contributed by atoms with Gasteiger partial charge in [0.25, 0.3) is 0 Å². The Morgan fingerprint density at radius 3 is 1.50 bits per heavy atom. The Morgan fingerprint density at radius 2 is 0.742 bits per heavy atom. The Balaban J connectivity index is 0.999. The average Bonchev–Trinajstić information content (AvgIpc) is 3.58. The maximum Gasteiger partial charge on any atom is 0.0467 e. The lowest BCUT2D eigenvalue weighted by Gasteiger charge is -2.27. The highest BCUT2D eigenvalue weighted by molar-refractivity contribution is 5.97. The molecule has 1 nitrogen and oxygen atoms in total. The van der Waals surface area contributed by atoms with Crippen LogP contribution in [-0.2, 0) is 5.41 Å². The number of benzene rings is 10. The van der Waals surface area contributed by atoms with Crippen molar-refractivity contribution in [2.45, 2.75) is 19.3 Å². The van der Waals surface area contributed by atoms with Crippen molar-refractivity contribution in [1.29, 1.82) is 0 Å². The predicted molar refractivity (Wildman–Crippen MR) is 263 cm³/mol. The highest BCUT2D eigenvalue weighted by atomic mass is 15.1. The molecule has 0 N–H and O–H groups in total. The summed E-state index contributed by atoms with van der Waals surface area (Å²) in [4.78, 5) is 2.40. The van der Waals surface area contributed by atoms with Crippen molar-refractivity contribution in [1.82, 2.24) is 0 Å². The lowest BCUT2D eigenvalue weighted by molar-refractivity contribution is 0.660. The van der Waals surface area contributed by atoms with Crippen molar-refractivity contribution in [3.8, 4) is 66.8 Å². The smallest absolute Gasteiger partial charge is 0.0467 e. The fraction of sp³-hybridized carbons (Fsp3) is 0.0492. The van der Waals surface area contributed by atoms with E-state index >= 15 is 0 Å². The molecule has 0 heterocycles. The lowest BCUT2D eigenvalue weighted by Crippen LogP contribution is -2.14. The van der Waals surface area contributed by atoms with Crippen LogP contribution in [0.1, 0.15) is 25.0 Å². The van der Waals surface area contributed by atoms with Gasteiger partial charge in [0.2, 0.25) is 0 Å². The summed E-state index contributed by atoms with van der Waals surface area (Å²) < 4.78 is 0. The minimum absolute atomic E-state index is 0.0500. The molecule has 0 saturated carbocycles. The lowest BCUT2D eigenvalue weighted by atomic mass is 9.82. The molecule has 0 aromatic heterocycles. The Kier molecular flexibility index (Phi) is 9.24. The van der Waals surface area contributed by atoms with E-state index in [0.29, 0.717) is 0 Å². The van der Waals surface area contributed by atoms with Gasteiger partial charge in [-0.25, -0.2) is 0 Å². The second kappa shape index (κ2) is 15.4. The topological polar surface area (TPSA) is 3.24 Å². The minimum Gasteiger partial charge on any atom is -0.310 e. The van der Waals surface area contributed by atoms with Crippen LogP contribution >= 0.6 is 0 Å². The predicted octanol–water partition coefficient (Wildman–Crippen LogP) is 17.0. The van der Waals surface area contributed by atoms with Crippen LogP contribution in [-0.4, -0.2) is 0 Å². The van der Waals surface area contributed by atoms with Gasteiger partial charge in [0, 0.05) is 22.5 Å². The highest BCUT2D eigenvalue weighted by Gasteiger charge is 2.36. The SMILES string of the molecule is CC1(C)c2ccccc2-c2c(-c3ccc(N(c4cccc(-c5ccc(-c6cccc7ccccc67)cc5)c4)c4cccc(-c5cccc(-c6ccccc6)c5)c4)cc3)cccc21. The Morgan fingerprint density at radius 1 is 0.290 bits per heavy atom. The van der Waals surface area contributed by atoms with Gasteiger partial charge < -0.3 is 4.90 Å². The Hall–Kier alpha value is -7.74. The molecule has 62 heavy (non-hydrogen) atoms. The van der Waals surface area contributed by atoms with Crippen LogP contribution < -0.4 is 4.90 Å². The Bertz CT molecular complexity index is 3240. The van der Waals surface area contributed by atoms with E-state index in [1.807, 2.05) is 0 Å². The van der Waals surface area contributed by atoms with E-state index in [9.17, 15) is 0 Å². The van der Waals surface area contributed by atoms with E-state index in [1.165, 1.54) is 88.7 Å². The second-order valence-corrected chi connectivity index (χ2v) is 16.9. The number of hydrogen-bond acceptors (Lipinski definition) is 1. The van der Waals surface area contributed by atoms with Gasteiger partial charge in [-0.2, -0.15) is 0 Å². The fourth-order valence-electron chi connectivity index (χ4n) is 9.71. The summed E-state index contributed by atoms with van der Waals surface area (Å²) in [5.41, 5.74) is 20.8. The van der Waals surface area contributed by atoms with E-state index in [2.05, 4.69) is 255 Å². The number of anilines is 3. The molecule has 0 atom stereocenters. The van der Waals surface area contributed by atoms with Crippen molar-refractivity contribution in [3.63, 3.8) is 0 Å². The number of nitrogens with zero attached hydrogens (tertiary/aromatic N) is 1. The minimum atomic E-state index is -0.0500. The van der Waals surface area contributed by atoms with Crippen LogP contribution in [0.4, 0.5) is 17.1 Å². The quantitative estimate of drug-likeness (QED) is 0.148. The molecule has 294 valence electrons. The fourth-order valence-corrected chi connectivity index (χ4v) is 9.71. The summed E-state index contributed by atoms with van der Waals surface area (Å²) in [5, 5.41) is 2.52. The molecule has 0 aliphatic heterocycles. The van der Waals surface area contributed by atoms with Crippen molar-refractivity contribution in [2.24, 2.45) is 0 Å². The van der Waals surface area contributed by atoms with Crippen LogP contribution in [0, 0.1) is 0 Å². The molecule has 10 aromatic rings. The van der Waals surface area contributed by atoms with E-state index in [-0.39, 0.29) is 5.41 Å². The van der Waals surface area contributed by atoms with Gasteiger partial charge in [0.05, 0.1) is 0 Å². The van der Waals surface area contributed by atoms with Crippen LogP contribution in [0.3, 0.4) is 0 Å². The molecule has 0 fully saturated rings. The van der Waals surface area contributed by atoms with E-state index in [4.69, 9.17) is 0 Å². The first kappa shape index (κ1) is 37.3. The van der Waals surface area contributed by atoms with Gasteiger partial charge in [-0.05, 0) is 131 Å². The molecule has 0 radical (unpaired) electrons. The van der Waals surface area contributed by atoms with Crippen molar-refractivity contribution in [2.75, 3.05) is 4.90 Å². The molecular weight excluding hydrogens is 747 g/mol. The molecule has 0 bridgehead atoms. The molecule has 1 aliphatic rings. The van der Waals surface area contributed by atoms with Crippen LogP contribution in [0.5, 0.6) is 0 Å². The molecule has 1 aliphatic carbocycles. The Labute approximate surface area is 364 Å². The van der Waals surface area contributed by atoms with Gasteiger partial charge in [-0.1, -0.05) is 208 Å². The molecule has 0 amide bonds. The molecule has 0 saturated heterocycles. The summed E-state index contributed by atoms with van der Waals surface area (Å²) in [5.74, 6) is 0. The highest BCUT2D eigenvalue weighted by Crippen LogP contribution is 2.52. The molecule has 1 heteroatoms. The van der Waals surface area contributed by atoms with E-state index in [1.54, 1.807) is 0 Å². The largest absolute Gasteiger partial charge is 0.310 e. The number of rotatable bonds is 8. The van der Waals surface area contributed by atoms with E-state index < -0.39 is 0 Å². The zero-order valence-electron chi connectivity index (χ0n) is 35.0. The first-order valence-corrected chi connectivity index (χ1v) is 21.6. The molecule has 0 unspecified atom stereocenters. The summed E-state index contributed by atoms with van der Waals surface area (Å²) in [7, 11) is 0. The van der Waals surface area contributed by atoms with Crippen molar-refractivity contribution < 1.29 is 0 Å². The zero-order valence-corrected chi connectivity index (χ0v) is 35.0. The first-order chi connectivity index (χ1) is 30.5. The number of fused-ring (bicyclic) bond motifs is 4. The van der Waals surface area contributed by atoms with Gasteiger partial charge in [0.15, 0.2) is 0 Å². The summed E-state index contributed by atoms with van der Waals surface area (Å²) in [6, 6.07) is 86.5. The monoisotopic (exact) mass is 791 g/mol. The molecular formula is C61H45N. The third kappa shape index (κ3) is 6.60. The molecule has 10 aromatic carbocycles. The van der Waals surface area contributed by atoms with Gasteiger partial charge in [0.1, 0.15) is 0 Å². The average molecular weight is 792 g/mol. The van der Waals surface area contributed by atoms with Crippen LogP contribution in [0.25, 0.3) is 77.5 Å². The first-order valence-electron chi connectivity index (χ1n) is 21.6. The summed E-state index contributed by atoms with van der Waals surface area (Å²) in [6.45, 7) is 4.70. The van der Waals surface area contributed by atoms with Gasteiger partial charge in [-0.3, -0.25) is 0 Å². The van der Waals surface area contributed by atoms with Crippen LogP contribution in [0.15, 0.2) is 237 Å². The molecule has 0 spiro atoms.